The predicted octanol–water partition coefficient (Wildman–Crippen LogP) is 4.81. The minimum Gasteiger partial charge on any atom is -0.444 e. The van der Waals surface area contributed by atoms with Crippen LogP contribution >= 0.6 is 0 Å². The van der Waals surface area contributed by atoms with Crippen molar-refractivity contribution in [3.05, 3.63) is 42.0 Å². The highest BCUT2D eigenvalue weighted by Gasteiger charge is 2.24. The van der Waals surface area contributed by atoms with Crippen molar-refractivity contribution in [3.8, 4) is 11.5 Å². The van der Waals surface area contributed by atoms with Gasteiger partial charge in [0.05, 0.1) is 11.3 Å². The summed E-state index contributed by atoms with van der Waals surface area (Å²) in [5.74, 6) is 0.694. The molecule has 0 spiro atoms. The normalized spacial score (nSPS) is 16.5. The third kappa shape index (κ3) is 4.38. The van der Waals surface area contributed by atoms with Gasteiger partial charge in [-0.15, -0.1) is 0 Å². The zero-order valence-electron chi connectivity index (χ0n) is 20.4. The lowest BCUT2D eigenvalue weighted by Gasteiger charge is -2.29. The lowest BCUT2D eigenvalue weighted by atomic mass is 10.1. The van der Waals surface area contributed by atoms with Crippen LogP contribution in [0.25, 0.3) is 22.7 Å². The highest BCUT2D eigenvalue weighted by atomic mass is 16.4. The average molecular weight is 488 g/mol. The van der Waals surface area contributed by atoms with Crippen LogP contribution in [0.3, 0.4) is 0 Å². The van der Waals surface area contributed by atoms with Crippen LogP contribution in [-0.4, -0.2) is 52.0 Å². The zero-order chi connectivity index (χ0) is 24.5. The third-order valence-corrected chi connectivity index (χ3v) is 6.86. The van der Waals surface area contributed by atoms with Crippen molar-refractivity contribution < 1.29 is 13.6 Å². The Hall–Kier alpha value is -3.95. The molecule has 0 aliphatic carbocycles. The Morgan fingerprint density at radius 1 is 0.972 bits per heavy atom. The molecule has 4 aromatic rings. The summed E-state index contributed by atoms with van der Waals surface area (Å²) in [6, 6.07) is 6.11. The first-order valence-corrected chi connectivity index (χ1v) is 12.7. The fourth-order valence-electron chi connectivity index (χ4n) is 4.90. The SMILES string of the molecule is Cc1ncccc1-c1nc(C(=O)Nc2cc3oc(N4CCCCC4)nc3nc2N2CCCCC2)co1. The molecular formula is C26H29N7O3. The van der Waals surface area contributed by atoms with Gasteiger partial charge in [0.15, 0.2) is 17.1 Å². The van der Waals surface area contributed by atoms with Crippen molar-refractivity contribution >= 4 is 34.7 Å². The van der Waals surface area contributed by atoms with Gasteiger partial charge >= 0.3 is 0 Å². The maximum atomic E-state index is 13.2. The average Bonchev–Trinajstić information content (AvgIpc) is 3.57. The number of oxazole rings is 2. The Morgan fingerprint density at radius 3 is 2.47 bits per heavy atom. The van der Waals surface area contributed by atoms with Crippen LogP contribution in [0.15, 0.2) is 39.5 Å². The van der Waals surface area contributed by atoms with E-state index in [1.807, 2.05) is 25.1 Å². The van der Waals surface area contributed by atoms with E-state index in [0.717, 1.165) is 63.1 Å². The second-order valence-electron chi connectivity index (χ2n) is 9.40. The number of hydrogen-bond donors (Lipinski definition) is 1. The first-order chi connectivity index (χ1) is 17.7. The fraction of sp³-hybridized carbons (Fsp3) is 0.423. The van der Waals surface area contributed by atoms with Gasteiger partial charge in [0.2, 0.25) is 11.5 Å². The van der Waals surface area contributed by atoms with Crippen LogP contribution in [0.5, 0.6) is 0 Å². The van der Waals surface area contributed by atoms with Gasteiger partial charge in [0.1, 0.15) is 6.26 Å². The molecule has 0 bridgehead atoms. The topological polar surface area (TPSA) is 113 Å². The van der Waals surface area contributed by atoms with E-state index in [4.69, 9.17) is 18.8 Å². The minimum atomic E-state index is -0.373. The lowest BCUT2D eigenvalue weighted by Crippen LogP contribution is -2.31. The van der Waals surface area contributed by atoms with Crippen molar-refractivity contribution in [1.29, 1.82) is 0 Å². The number of piperidine rings is 2. The first kappa shape index (κ1) is 22.5. The molecule has 0 radical (unpaired) electrons. The van der Waals surface area contributed by atoms with Crippen molar-refractivity contribution in [1.82, 2.24) is 19.9 Å². The number of fused-ring (bicyclic) bond motifs is 1. The molecule has 1 N–H and O–H groups in total. The Kier molecular flexibility index (Phi) is 6.00. The number of nitrogens with zero attached hydrogens (tertiary/aromatic N) is 6. The molecule has 2 aliphatic rings. The molecule has 0 unspecified atom stereocenters. The van der Waals surface area contributed by atoms with Crippen LogP contribution in [0, 0.1) is 6.92 Å². The molecule has 0 saturated carbocycles. The smallest absolute Gasteiger partial charge is 0.299 e. The number of aromatic nitrogens is 4. The summed E-state index contributed by atoms with van der Waals surface area (Å²) >= 11 is 0. The second-order valence-corrected chi connectivity index (χ2v) is 9.40. The molecule has 186 valence electrons. The summed E-state index contributed by atoms with van der Waals surface area (Å²) in [7, 11) is 0. The number of rotatable bonds is 5. The summed E-state index contributed by atoms with van der Waals surface area (Å²) in [5.41, 5.74) is 3.41. The maximum absolute atomic E-state index is 13.2. The van der Waals surface area contributed by atoms with Gasteiger partial charge in [-0.3, -0.25) is 9.78 Å². The maximum Gasteiger partial charge on any atom is 0.299 e. The summed E-state index contributed by atoms with van der Waals surface area (Å²) in [6.45, 7) is 5.50. The standard InChI is InChI=1S/C26H29N7O3/c1-17-18(9-8-10-27-17)25-29-20(16-35-25)24(34)28-19-15-21-22(30-23(19)32-11-4-2-5-12-32)31-26(36-21)33-13-6-3-7-14-33/h8-10,15-16H,2-7,11-14H2,1H3,(H,28,34). The molecule has 2 fully saturated rings. The molecule has 6 heterocycles. The van der Waals surface area contributed by atoms with E-state index in [2.05, 4.69) is 25.1 Å². The molecule has 1 amide bonds. The fourth-order valence-corrected chi connectivity index (χ4v) is 4.90. The van der Waals surface area contributed by atoms with Crippen LogP contribution in [0.4, 0.5) is 17.5 Å². The van der Waals surface area contributed by atoms with E-state index >= 15 is 0 Å². The van der Waals surface area contributed by atoms with E-state index in [0.29, 0.717) is 34.6 Å². The van der Waals surface area contributed by atoms with Crippen LogP contribution in [0.1, 0.15) is 54.7 Å². The minimum absolute atomic E-state index is 0.185. The van der Waals surface area contributed by atoms with Crippen LogP contribution in [-0.2, 0) is 0 Å². The second kappa shape index (κ2) is 9.60. The zero-order valence-corrected chi connectivity index (χ0v) is 20.4. The first-order valence-electron chi connectivity index (χ1n) is 12.7. The van der Waals surface area contributed by atoms with Gasteiger partial charge in [0.25, 0.3) is 11.9 Å². The lowest BCUT2D eigenvalue weighted by molar-refractivity contribution is 0.102. The van der Waals surface area contributed by atoms with E-state index < -0.39 is 0 Å². The van der Waals surface area contributed by atoms with E-state index in [-0.39, 0.29) is 11.6 Å². The van der Waals surface area contributed by atoms with E-state index in [1.165, 1.54) is 19.1 Å². The molecular weight excluding hydrogens is 458 g/mol. The molecule has 36 heavy (non-hydrogen) atoms. The van der Waals surface area contributed by atoms with Crippen molar-refractivity contribution in [3.63, 3.8) is 0 Å². The molecule has 4 aromatic heterocycles. The summed E-state index contributed by atoms with van der Waals surface area (Å²) in [4.78, 5) is 35.8. The molecule has 10 nitrogen and oxygen atoms in total. The largest absolute Gasteiger partial charge is 0.444 e. The summed E-state index contributed by atoms with van der Waals surface area (Å²) in [5, 5.41) is 3.00. The van der Waals surface area contributed by atoms with Gasteiger partial charge in [0, 0.05) is 44.1 Å². The van der Waals surface area contributed by atoms with E-state index in [1.54, 1.807) is 6.20 Å². The number of hydrogen-bond acceptors (Lipinski definition) is 9. The summed E-state index contributed by atoms with van der Waals surface area (Å²) < 4.78 is 11.7. The number of amides is 1. The van der Waals surface area contributed by atoms with Gasteiger partial charge in [-0.1, -0.05) is 0 Å². The number of anilines is 3. The van der Waals surface area contributed by atoms with Crippen LogP contribution in [0.2, 0.25) is 0 Å². The number of aryl methyl sites for hydroxylation is 1. The highest BCUT2D eigenvalue weighted by molar-refractivity contribution is 6.05. The number of carbonyl (C=O) groups excluding carboxylic acids is 1. The number of carbonyl (C=O) groups is 1. The molecule has 0 aromatic carbocycles. The Labute approximate surface area is 208 Å². The van der Waals surface area contributed by atoms with Gasteiger partial charge in [-0.2, -0.15) is 4.98 Å². The predicted molar refractivity (Wildman–Crippen MR) is 136 cm³/mol. The molecule has 0 atom stereocenters. The number of nitrogens with one attached hydrogen (secondary N) is 1. The van der Waals surface area contributed by atoms with Crippen LogP contribution < -0.4 is 15.1 Å². The molecule has 2 saturated heterocycles. The van der Waals surface area contributed by atoms with E-state index in [9.17, 15) is 4.79 Å². The van der Waals surface area contributed by atoms with Crippen molar-refractivity contribution in [2.24, 2.45) is 0 Å². The quantitative estimate of drug-likeness (QED) is 0.423. The monoisotopic (exact) mass is 487 g/mol. The Morgan fingerprint density at radius 2 is 1.72 bits per heavy atom. The molecule has 6 rings (SSSR count). The van der Waals surface area contributed by atoms with Gasteiger partial charge in [-0.05, 0) is 57.6 Å². The van der Waals surface area contributed by atoms with Gasteiger partial charge < -0.3 is 24.0 Å². The Balaban J connectivity index is 1.32. The Bertz CT molecular complexity index is 1380. The summed E-state index contributed by atoms with van der Waals surface area (Å²) in [6.07, 6.45) is 9.93. The molecule has 2 aliphatic heterocycles. The van der Waals surface area contributed by atoms with Crippen molar-refractivity contribution in [2.45, 2.75) is 45.4 Å². The molecule has 10 heteroatoms. The third-order valence-electron chi connectivity index (χ3n) is 6.86. The van der Waals surface area contributed by atoms with Crippen molar-refractivity contribution in [2.75, 3.05) is 41.3 Å². The number of pyridine rings is 2. The van der Waals surface area contributed by atoms with Gasteiger partial charge in [-0.25, -0.2) is 9.97 Å². The highest BCUT2D eigenvalue weighted by Crippen LogP contribution is 2.33.